The molecule has 1 aliphatic carbocycles. The van der Waals surface area contributed by atoms with Gasteiger partial charge in [0.05, 0.1) is 11.6 Å². The molecule has 2 aromatic rings. The van der Waals surface area contributed by atoms with E-state index in [-0.39, 0.29) is 17.4 Å². The fourth-order valence-electron chi connectivity index (χ4n) is 4.51. The number of nitrogens with zero attached hydrogens (tertiary/aromatic N) is 1. The van der Waals surface area contributed by atoms with Crippen molar-refractivity contribution in [2.45, 2.75) is 51.1 Å². The van der Waals surface area contributed by atoms with Crippen molar-refractivity contribution >= 4 is 29.1 Å². The van der Waals surface area contributed by atoms with Crippen LogP contribution in [-0.2, 0) is 9.59 Å². The molecule has 1 heterocycles. The molecule has 1 saturated heterocycles. The SMILES string of the molecule is Cc1cc(/C(O)=C2/C(=O)C(=O)N(C3CCCCC3)C2c2ccc(Cl)cc2)ccc1F. The smallest absolute Gasteiger partial charge is 0.295 e. The zero-order valence-corrected chi connectivity index (χ0v) is 17.5. The van der Waals surface area contributed by atoms with E-state index in [4.69, 9.17) is 11.6 Å². The topological polar surface area (TPSA) is 57.6 Å². The maximum absolute atomic E-state index is 13.7. The molecule has 0 bridgehead atoms. The number of carbonyl (C=O) groups excluding carboxylic acids is 2. The summed E-state index contributed by atoms with van der Waals surface area (Å²) in [7, 11) is 0. The number of amides is 1. The largest absolute Gasteiger partial charge is 0.507 e. The predicted octanol–water partition coefficient (Wildman–Crippen LogP) is 5.54. The summed E-state index contributed by atoms with van der Waals surface area (Å²) in [5.74, 6) is -1.99. The second-order valence-corrected chi connectivity index (χ2v) is 8.45. The van der Waals surface area contributed by atoms with E-state index >= 15 is 0 Å². The Morgan fingerprint density at radius 2 is 1.73 bits per heavy atom. The molecule has 1 amide bonds. The Balaban J connectivity index is 1.88. The molecule has 0 spiro atoms. The van der Waals surface area contributed by atoms with E-state index in [2.05, 4.69) is 0 Å². The summed E-state index contributed by atoms with van der Waals surface area (Å²) in [6, 6.07) is 10.4. The van der Waals surface area contributed by atoms with Crippen molar-refractivity contribution in [1.82, 2.24) is 4.90 Å². The molecule has 1 N–H and O–H groups in total. The van der Waals surface area contributed by atoms with Crippen molar-refractivity contribution < 1.29 is 19.1 Å². The van der Waals surface area contributed by atoms with Gasteiger partial charge in [-0.25, -0.2) is 4.39 Å². The number of halogens is 2. The van der Waals surface area contributed by atoms with E-state index < -0.39 is 23.5 Å². The first-order chi connectivity index (χ1) is 14.4. The molecular weight excluding hydrogens is 405 g/mol. The summed E-state index contributed by atoms with van der Waals surface area (Å²) >= 11 is 6.04. The van der Waals surface area contributed by atoms with Crippen LogP contribution in [0.1, 0.15) is 54.8 Å². The zero-order valence-electron chi connectivity index (χ0n) is 16.7. The van der Waals surface area contributed by atoms with Crippen LogP contribution in [-0.4, -0.2) is 27.7 Å². The maximum atomic E-state index is 13.7. The van der Waals surface area contributed by atoms with Gasteiger partial charge in [-0.3, -0.25) is 9.59 Å². The van der Waals surface area contributed by atoms with Crippen molar-refractivity contribution in [3.63, 3.8) is 0 Å². The Bertz CT molecular complexity index is 1030. The summed E-state index contributed by atoms with van der Waals surface area (Å²) in [5, 5.41) is 11.6. The number of carbonyl (C=O) groups is 2. The van der Waals surface area contributed by atoms with E-state index in [1.807, 2.05) is 0 Å². The van der Waals surface area contributed by atoms with Crippen molar-refractivity contribution in [1.29, 1.82) is 0 Å². The molecule has 30 heavy (non-hydrogen) atoms. The quantitative estimate of drug-likeness (QED) is 0.397. The van der Waals surface area contributed by atoms with Crippen LogP contribution in [0, 0.1) is 12.7 Å². The number of Topliss-reactive ketones (excluding diaryl/α,β-unsaturated/α-hetero) is 1. The normalized spacial score (nSPS) is 22.0. The van der Waals surface area contributed by atoms with E-state index in [1.165, 1.54) is 18.2 Å². The highest BCUT2D eigenvalue weighted by Gasteiger charge is 2.48. The van der Waals surface area contributed by atoms with Crippen LogP contribution in [0.3, 0.4) is 0 Å². The first-order valence-corrected chi connectivity index (χ1v) is 10.6. The van der Waals surface area contributed by atoms with Crippen LogP contribution < -0.4 is 0 Å². The number of likely N-dealkylation sites (tertiary alicyclic amines) is 1. The number of rotatable bonds is 3. The van der Waals surface area contributed by atoms with Crippen LogP contribution in [0.2, 0.25) is 5.02 Å². The molecule has 1 unspecified atom stereocenters. The molecule has 0 aromatic heterocycles. The number of aryl methyl sites for hydroxylation is 1. The van der Waals surface area contributed by atoms with Gasteiger partial charge in [0, 0.05) is 16.6 Å². The van der Waals surface area contributed by atoms with Crippen LogP contribution in [0.15, 0.2) is 48.0 Å². The second-order valence-electron chi connectivity index (χ2n) is 8.01. The van der Waals surface area contributed by atoms with E-state index in [0.717, 1.165) is 32.1 Å². The van der Waals surface area contributed by atoms with Crippen molar-refractivity contribution in [2.24, 2.45) is 0 Å². The maximum Gasteiger partial charge on any atom is 0.295 e. The van der Waals surface area contributed by atoms with Crippen LogP contribution in [0.5, 0.6) is 0 Å². The highest BCUT2D eigenvalue weighted by molar-refractivity contribution is 6.46. The second kappa shape index (κ2) is 8.23. The van der Waals surface area contributed by atoms with E-state index in [1.54, 1.807) is 36.1 Å². The summed E-state index contributed by atoms with van der Waals surface area (Å²) in [6.45, 7) is 1.59. The third-order valence-electron chi connectivity index (χ3n) is 6.07. The van der Waals surface area contributed by atoms with Crippen molar-refractivity contribution in [3.05, 3.63) is 75.6 Å². The fraction of sp³-hybridized carbons (Fsp3) is 0.333. The number of benzene rings is 2. The zero-order chi connectivity index (χ0) is 21.4. The standard InChI is InChI=1S/C24H23ClFNO3/c1-14-13-16(9-12-19(14)26)22(28)20-21(15-7-10-17(25)11-8-15)27(24(30)23(20)29)18-5-3-2-4-6-18/h7-13,18,21,28H,2-6H2,1H3/b22-20-. The lowest BCUT2D eigenvalue weighted by Gasteiger charge is -2.35. The van der Waals surface area contributed by atoms with Crippen LogP contribution in [0.25, 0.3) is 5.76 Å². The van der Waals surface area contributed by atoms with Gasteiger partial charge >= 0.3 is 0 Å². The molecular formula is C24H23ClFNO3. The molecule has 2 aromatic carbocycles. The molecule has 4 nitrogen and oxygen atoms in total. The highest BCUT2D eigenvalue weighted by atomic mass is 35.5. The summed E-state index contributed by atoms with van der Waals surface area (Å²) < 4.78 is 13.7. The van der Waals surface area contributed by atoms with E-state index in [0.29, 0.717) is 21.7 Å². The van der Waals surface area contributed by atoms with Gasteiger partial charge in [-0.05, 0) is 61.2 Å². The minimum atomic E-state index is -0.708. The van der Waals surface area contributed by atoms with Gasteiger partial charge < -0.3 is 10.0 Å². The lowest BCUT2D eigenvalue weighted by atomic mass is 9.91. The molecule has 1 saturated carbocycles. The lowest BCUT2D eigenvalue weighted by molar-refractivity contribution is -0.141. The first kappa shape index (κ1) is 20.6. The molecule has 1 aliphatic heterocycles. The molecule has 2 aliphatic rings. The van der Waals surface area contributed by atoms with Crippen LogP contribution >= 0.6 is 11.6 Å². The Morgan fingerprint density at radius 3 is 2.37 bits per heavy atom. The number of aliphatic hydroxyl groups is 1. The van der Waals surface area contributed by atoms with Crippen LogP contribution in [0.4, 0.5) is 4.39 Å². The van der Waals surface area contributed by atoms with Gasteiger partial charge in [-0.2, -0.15) is 0 Å². The first-order valence-electron chi connectivity index (χ1n) is 10.2. The van der Waals surface area contributed by atoms with Gasteiger partial charge in [0.15, 0.2) is 0 Å². The van der Waals surface area contributed by atoms with E-state index in [9.17, 15) is 19.1 Å². The third kappa shape index (κ3) is 3.63. The predicted molar refractivity (Wildman–Crippen MR) is 114 cm³/mol. The van der Waals surface area contributed by atoms with Crippen molar-refractivity contribution in [2.75, 3.05) is 0 Å². The summed E-state index contributed by atoms with van der Waals surface area (Å²) in [5.41, 5.74) is 1.42. The summed E-state index contributed by atoms with van der Waals surface area (Å²) in [6.07, 6.45) is 4.76. The Morgan fingerprint density at radius 1 is 1.07 bits per heavy atom. The monoisotopic (exact) mass is 427 g/mol. The van der Waals surface area contributed by atoms with Crippen molar-refractivity contribution in [3.8, 4) is 0 Å². The minimum absolute atomic E-state index is 0.0407. The number of hydrogen-bond donors (Lipinski definition) is 1. The molecule has 1 atom stereocenters. The van der Waals surface area contributed by atoms with Gasteiger partial charge in [-0.15, -0.1) is 0 Å². The molecule has 4 rings (SSSR count). The number of hydrogen-bond acceptors (Lipinski definition) is 3. The van der Waals surface area contributed by atoms with Gasteiger partial charge in [-0.1, -0.05) is 43.0 Å². The van der Waals surface area contributed by atoms with Gasteiger partial charge in [0.1, 0.15) is 11.6 Å². The Hall–Kier alpha value is -2.66. The lowest BCUT2D eigenvalue weighted by Crippen LogP contribution is -2.40. The fourth-order valence-corrected chi connectivity index (χ4v) is 4.63. The third-order valence-corrected chi connectivity index (χ3v) is 6.32. The molecule has 156 valence electrons. The Kier molecular flexibility index (Phi) is 5.65. The summed E-state index contributed by atoms with van der Waals surface area (Å²) in [4.78, 5) is 27.8. The Labute approximate surface area is 180 Å². The average Bonchev–Trinajstić information content (AvgIpc) is 3.01. The average molecular weight is 428 g/mol. The molecule has 6 heteroatoms. The molecule has 0 radical (unpaired) electrons. The number of aliphatic hydroxyl groups excluding tert-OH is 1. The van der Waals surface area contributed by atoms with Gasteiger partial charge in [0.25, 0.3) is 11.7 Å². The minimum Gasteiger partial charge on any atom is -0.507 e. The van der Waals surface area contributed by atoms with Gasteiger partial charge in [0.2, 0.25) is 0 Å². The number of ketones is 1. The molecule has 2 fully saturated rings. The highest BCUT2D eigenvalue weighted by Crippen LogP contribution is 2.43.